The summed E-state index contributed by atoms with van der Waals surface area (Å²) in [6.45, 7) is 5.89. The molecule has 1 aliphatic heterocycles. The SMILES string of the molecule is COC(=O)c1ccc(COC(CN2CCN(C(=O)Nc3ccc(C)cc3)CC2)c2ccc(Cl)cc2)cc1. The molecule has 1 saturated heterocycles. The summed E-state index contributed by atoms with van der Waals surface area (Å²) >= 11 is 6.11. The minimum atomic E-state index is -0.363. The van der Waals surface area contributed by atoms with Gasteiger partial charge in [-0.3, -0.25) is 4.90 Å². The van der Waals surface area contributed by atoms with Gasteiger partial charge < -0.3 is 19.7 Å². The third-order valence-corrected chi connectivity index (χ3v) is 6.71. The molecular formula is C29H32ClN3O4. The van der Waals surface area contributed by atoms with Crippen LogP contribution >= 0.6 is 11.6 Å². The molecule has 1 atom stereocenters. The Kier molecular flexibility index (Phi) is 9.17. The van der Waals surface area contributed by atoms with E-state index in [1.54, 1.807) is 12.1 Å². The van der Waals surface area contributed by atoms with Crippen LogP contribution in [-0.2, 0) is 16.1 Å². The molecule has 7 nitrogen and oxygen atoms in total. The number of carbonyl (C=O) groups excluding carboxylic acids is 2. The molecule has 1 fully saturated rings. The average molecular weight is 522 g/mol. The summed E-state index contributed by atoms with van der Waals surface area (Å²) in [7, 11) is 1.37. The molecule has 4 rings (SSSR count). The van der Waals surface area contributed by atoms with Gasteiger partial charge in [-0.25, -0.2) is 9.59 Å². The van der Waals surface area contributed by atoms with Crippen LogP contribution in [0.2, 0.25) is 5.02 Å². The fourth-order valence-corrected chi connectivity index (χ4v) is 4.32. The van der Waals surface area contributed by atoms with Gasteiger partial charge in [0, 0.05) is 43.4 Å². The summed E-state index contributed by atoms with van der Waals surface area (Å²) in [4.78, 5) is 28.6. The first-order valence-electron chi connectivity index (χ1n) is 12.3. The molecule has 194 valence electrons. The molecule has 3 aromatic rings. The number of hydrogen-bond acceptors (Lipinski definition) is 5. The van der Waals surface area contributed by atoms with Crippen molar-refractivity contribution in [1.29, 1.82) is 0 Å². The third-order valence-electron chi connectivity index (χ3n) is 6.45. The Labute approximate surface area is 222 Å². The number of anilines is 1. The van der Waals surface area contributed by atoms with Crippen LogP contribution in [0.5, 0.6) is 0 Å². The molecule has 1 aliphatic rings. The van der Waals surface area contributed by atoms with Crippen LogP contribution in [0.1, 0.15) is 33.2 Å². The van der Waals surface area contributed by atoms with Gasteiger partial charge in [-0.2, -0.15) is 0 Å². The maximum Gasteiger partial charge on any atom is 0.337 e. The Balaban J connectivity index is 1.34. The normalized spacial score (nSPS) is 14.7. The van der Waals surface area contributed by atoms with E-state index in [2.05, 4.69) is 10.2 Å². The van der Waals surface area contributed by atoms with E-state index < -0.39 is 0 Å². The highest BCUT2D eigenvalue weighted by Crippen LogP contribution is 2.24. The van der Waals surface area contributed by atoms with Crippen LogP contribution in [0.4, 0.5) is 10.5 Å². The van der Waals surface area contributed by atoms with E-state index in [0.29, 0.717) is 36.8 Å². The molecule has 0 saturated carbocycles. The summed E-state index contributed by atoms with van der Waals surface area (Å²) in [5, 5.41) is 3.66. The van der Waals surface area contributed by atoms with E-state index in [9.17, 15) is 9.59 Å². The summed E-state index contributed by atoms with van der Waals surface area (Å²) in [6.07, 6.45) is -0.175. The van der Waals surface area contributed by atoms with E-state index >= 15 is 0 Å². The number of ether oxygens (including phenoxy) is 2. The lowest BCUT2D eigenvalue weighted by Crippen LogP contribution is -2.50. The van der Waals surface area contributed by atoms with Gasteiger partial charge in [-0.05, 0) is 54.4 Å². The number of rotatable bonds is 8. The first-order valence-corrected chi connectivity index (χ1v) is 12.7. The minimum absolute atomic E-state index is 0.0793. The van der Waals surface area contributed by atoms with Crippen molar-refractivity contribution in [3.8, 4) is 0 Å². The Bertz CT molecular complexity index is 1180. The van der Waals surface area contributed by atoms with Gasteiger partial charge in [0.1, 0.15) is 0 Å². The summed E-state index contributed by atoms with van der Waals surface area (Å²) in [6, 6.07) is 22.6. The number of esters is 1. The van der Waals surface area contributed by atoms with E-state index in [0.717, 1.165) is 35.5 Å². The highest BCUT2D eigenvalue weighted by atomic mass is 35.5. The molecule has 1 unspecified atom stereocenters. The van der Waals surface area contributed by atoms with Crippen molar-refractivity contribution in [3.63, 3.8) is 0 Å². The molecule has 1 N–H and O–H groups in total. The van der Waals surface area contributed by atoms with Crippen LogP contribution in [0.25, 0.3) is 0 Å². The molecule has 3 aromatic carbocycles. The van der Waals surface area contributed by atoms with Crippen molar-refractivity contribution < 1.29 is 19.1 Å². The highest BCUT2D eigenvalue weighted by molar-refractivity contribution is 6.30. The Morgan fingerprint density at radius 3 is 2.19 bits per heavy atom. The van der Waals surface area contributed by atoms with Gasteiger partial charge in [0.15, 0.2) is 0 Å². The second-order valence-electron chi connectivity index (χ2n) is 9.12. The zero-order valence-electron chi connectivity index (χ0n) is 21.2. The van der Waals surface area contributed by atoms with Crippen molar-refractivity contribution in [1.82, 2.24) is 9.80 Å². The third kappa shape index (κ3) is 7.55. The Morgan fingerprint density at radius 2 is 1.57 bits per heavy atom. The molecular weight excluding hydrogens is 490 g/mol. The van der Waals surface area contributed by atoms with Crippen molar-refractivity contribution in [2.24, 2.45) is 0 Å². The molecule has 2 amide bonds. The quantitative estimate of drug-likeness (QED) is 0.394. The van der Waals surface area contributed by atoms with Crippen LogP contribution in [0, 0.1) is 6.92 Å². The topological polar surface area (TPSA) is 71.1 Å². The summed E-state index contributed by atoms with van der Waals surface area (Å²) in [5.41, 5.74) is 4.46. The predicted octanol–water partition coefficient (Wildman–Crippen LogP) is 5.54. The van der Waals surface area contributed by atoms with Crippen LogP contribution < -0.4 is 5.32 Å². The number of piperazine rings is 1. The second kappa shape index (κ2) is 12.7. The van der Waals surface area contributed by atoms with E-state index in [1.165, 1.54) is 7.11 Å². The minimum Gasteiger partial charge on any atom is -0.465 e. The number of aryl methyl sites for hydroxylation is 1. The molecule has 0 radical (unpaired) electrons. The lowest BCUT2D eigenvalue weighted by Gasteiger charge is -2.36. The summed E-state index contributed by atoms with van der Waals surface area (Å²) < 4.78 is 11.1. The number of halogens is 1. The predicted molar refractivity (Wildman–Crippen MR) is 145 cm³/mol. The van der Waals surface area contributed by atoms with Gasteiger partial charge in [-0.15, -0.1) is 0 Å². The van der Waals surface area contributed by atoms with E-state index in [1.807, 2.05) is 72.5 Å². The molecule has 8 heteroatoms. The molecule has 0 bridgehead atoms. The van der Waals surface area contributed by atoms with Gasteiger partial charge >= 0.3 is 12.0 Å². The molecule has 0 spiro atoms. The second-order valence-corrected chi connectivity index (χ2v) is 9.56. The monoisotopic (exact) mass is 521 g/mol. The maximum absolute atomic E-state index is 12.7. The Hall–Kier alpha value is -3.39. The number of benzene rings is 3. The number of nitrogens with one attached hydrogen (secondary N) is 1. The van der Waals surface area contributed by atoms with Gasteiger partial charge in [0.05, 0.1) is 25.4 Å². The largest absolute Gasteiger partial charge is 0.465 e. The molecule has 0 aliphatic carbocycles. The van der Waals surface area contributed by atoms with Crippen molar-refractivity contribution >= 4 is 29.3 Å². The molecule has 1 heterocycles. The molecule has 0 aromatic heterocycles. The van der Waals surface area contributed by atoms with E-state index in [4.69, 9.17) is 21.1 Å². The maximum atomic E-state index is 12.7. The number of amides is 2. The fourth-order valence-electron chi connectivity index (χ4n) is 4.19. The number of hydrogen-bond donors (Lipinski definition) is 1. The van der Waals surface area contributed by atoms with Crippen LogP contribution in [0.3, 0.4) is 0 Å². The number of urea groups is 1. The van der Waals surface area contributed by atoms with Gasteiger partial charge in [0.25, 0.3) is 0 Å². The first-order chi connectivity index (χ1) is 17.9. The van der Waals surface area contributed by atoms with Crippen molar-refractivity contribution in [2.45, 2.75) is 19.6 Å². The number of methoxy groups -OCH3 is 1. The smallest absolute Gasteiger partial charge is 0.337 e. The zero-order valence-corrected chi connectivity index (χ0v) is 21.9. The molecule has 37 heavy (non-hydrogen) atoms. The number of nitrogens with zero attached hydrogens (tertiary/aromatic N) is 2. The zero-order chi connectivity index (χ0) is 26.2. The Morgan fingerprint density at radius 1 is 0.919 bits per heavy atom. The lowest BCUT2D eigenvalue weighted by molar-refractivity contribution is 0.00592. The van der Waals surface area contributed by atoms with Crippen LogP contribution in [0.15, 0.2) is 72.8 Å². The lowest BCUT2D eigenvalue weighted by atomic mass is 10.1. The summed E-state index contributed by atoms with van der Waals surface area (Å²) in [5.74, 6) is -0.363. The number of carbonyl (C=O) groups is 2. The van der Waals surface area contributed by atoms with Crippen molar-refractivity contribution in [2.75, 3.05) is 45.2 Å². The first kappa shape index (κ1) is 26.7. The fraction of sp³-hybridized carbons (Fsp3) is 0.310. The standard InChI is InChI=1S/C29H32ClN3O4/c1-21-3-13-26(14-4-21)31-29(35)33-17-15-32(16-18-33)19-27(23-9-11-25(30)12-10-23)37-20-22-5-7-24(8-6-22)28(34)36-2/h3-14,27H,15-20H2,1-2H3,(H,31,35). The van der Waals surface area contributed by atoms with E-state index in [-0.39, 0.29) is 18.1 Å². The van der Waals surface area contributed by atoms with Crippen LogP contribution in [-0.4, -0.2) is 61.6 Å². The van der Waals surface area contributed by atoms with Gasteiger partial charge in [0.2, 0.25) is 0 Å². The van der Waals surface area contributed by atoms with Gasteiger partial charge in [-0.1, -0.05) is 53.6 Å². The van der Waals surface area contributed by atoms with Crippen molar-refractivity contribution in [3.05, 3.63) is 100 Å². The average Bonchev–Trinajstić information content (AvgIpc) is 2.93. The highest BCUT2D eigenvalue weighted by Gasteiger charge is 2.24.